The van der Waals surface area contributed by atoms with E-state index in [0.29, 0.717) is 5.75 Å². The number of aryl methyl sites for hydroxylation is 1. The van der Waals surface area contributed by atoms with Crippen molar-refractivity contribution in [2.24, 2.45) is 0 Å². The Morgan fingerprint density at radius 2 is 2.00 bits per heavy atom. The highest BCUT2D eigenvalue weighted by Gasteiger charge is 2.08. The number of anilines is 1. The Balaban J connectivity index is 1.71. The maximum absolute atomic E-state index is 12.0. The quantitative estimate of drug-likeness (QED) is 0.648. The van der Waals surface area contributed by atoms with Crippen molar-refractivity contribution in [2.45, 2.75) is 6.92 Å². The van der Waals surface area contributed by atoms with E-state index in [9.17, 15) is 4.79 Å². The Labute approximate surface area is 148 Å². The number of halogens is 1. The lowest BCUT2D eigenvalue weighted by Gasteiger charge is -2.10. The van der Waals surface area contributed by atoms with Gasteiger partial charge in [0, 0.05) is 20.3 Å². The summed E-state index contributed by atoms with van der Waals surface area (Å²) < 4.78 is 6.73. The number of fused-ring (bicyclic) bond motifs is 1. The number of nitrogens with one attached hydrogen (secondary N) is 1. The van der Waals surface area contributed by atoms with Gasteiger partial charge < -0.3 is 10.1 Å². The van der Waals surface area contributed by atoms with Crippen molar-refractivity contribution >= 4 is 45.1 Å². The van der Waals surface area contributed by atoms with E-state index >= 15 is 0 Å². The van der Waals surface area contributed by atoms with Crippen molar-refractivity contribution in [3.05, 3.63) is 63.9 Å². The Kier molecular flexibility index (Phi) is 4.76. The third-order valence-corrected chi connectivity index (χ3v) is 3.96. The number of rotatable bonds is 4. The van der Waals surface area contributed by atoms with Crippen LogP contribution in [0.25, 0.3) is 10.9 Å². The van der Waals surface area contributed by atoms with E-state index in [2.05, 4.69) is 32.9 Å². The molecule has 0 aliphatic carbocycles. The maximum atomic E-state index is 12.0. The molecule has 4 nitrogen and oxygen atoms in total. The Hall–Kier alpha value is -2.15. The molecule has 5 heteroatoms. The summed E-state index contributed by atoms with van der Waals surface area (Å²) in [5, 5.41) is 3.82. The molecule has 0 atom stereocenters. The third kappa shape index (κ3) is 3.98. The molecule has 0 spiro atoms. The maximum Gasteiger partial charge on any atom is 0.262 e. The van der Waals surface area contributed by atoms with Crippen molar-refractivity contribution in [2.75, 3.05) is 11.9 Å². The smallest absolute Gasteiger partial charge is 0.262 e. The lowest BCUT2D eigenvalue weighted by atomic mass is 10.2. The monoisotopic (exact) mass is 418 g/mol. The largest absolute Gasteiger partial charge is 0.481 e. The number of benzene rings is 2. The molecule has 0 saturated carbocycles. The van der Waals surface area contributed by atoms with Crippen LogP contribution in [-0.2, 0) is 4.79 Å². The summed E-state index contributed by atoms with van der Waals surface area (Å²) in [6.07, 6.45) is 0. The minimum atomic E-state index is -0.198. The number of carbonyl (C=O) groups excluding carboxylic acids is 1. The van der Waals surface area contributed by atoms with E-state index in [4.69, 9.17) is 4.74 Å². The van der Waals surface area contributed by atoms with E-state index < -0.39 is 0 Å². The molecule has 1 amide bonds. The first-order valence-corrected chi connectivity index (χ1v) is 8.24. The fourth-order valence-electron chi connectivity index (χ4n) is 2.24. The summed E-state index contributed by atoms with van der Waals surface area (Å²) in [5.74, 6) is 0.417. The van der Waals surface area contributed by atoms with Gasteiger partial charge in [-0.3, -0.25) is 4.79 Å². The molecular formula is C18H15IN2O2. The zero-order valence-electron chi connectivity index (χ0n) is 12.5. The molecule has 0 unspecified atom stereocenters. The molecule has 0 radical (unpaired) electrons. The molecule has 0 saturated heterocycles. The van der Waals surface area contributed by atoms with Crippen LogP contribution in [0.2, 0.25) is 0 Å². The summed E-state index contributed by atoms with van der Waals surface area (Å²) in [6, 6.07) is 17.3. The average Bonchev–Trinajstić information content (AvgIpc) is 2.53. The number of aromatic nitrogens is 1. The molecule has 0 fully saturated rings. The van der Waals surface area contributed by atoms with Gasteiger partial charge in [-0.1, -0.05) is 24.3 Å². The molecule has 1 heterocycles. The summed E-state index contributed by atoms with van der Waals surface area (Å²) in [5.41, 5.74) is 2.45. The van der Waals surface area contributed by atoms with Gasteiger partial charge in [-0.15, -0.1) is 0 Å². The van der Waals surface area contributed by atoms with Crippen LogP contribution in [0.15, 0.2) is 54.6 Å². The standard InChI is InChI=1S/C18H15IN2O2/c1-12-8-9-13-4-2-7-16(18(13)20-12)23-11-17(22)21-15-6-3-5-14(19)10-15/h2-10H,11H2,1H3,(H,21,22). The number of pyridine rings is 1. The van der Waals surface area contributed by atoms with Crippen LogP contribution in [0, 0.1) is 10.5 Å². The fraction of sp³-hybridized carbons (Fsp3) is 0.111. The molecule has 2 aromatic carbocycles. The van der Waals surface area contributed by atoms with E-state index in [-0.39, 0.29) is 12.5 Å². The van der Waals surface area contributed by atoms with Crippen LogP contribution >= 0.6 is 22.6 Å². The first-order chi connectivity index (χ1) is 11.1. The van der Waals surface area contributed by atoms with E-state index in [0.717, 1.165) is 25.9 Å². The summed E-state index contributed by atoms with van der Waals surface area (Å²) in [7, 11) is 0. The van der Waals surface area contributed by atoms with Crippen LogP contribution in [-0.4, -0.2) is 17.5 Å². The first-order valence-electron chi connectivity index (χ1n) is 7.16. The molecule has 3 aromatic rings. The zero-order chi connectivity index (χ0) is 16.2. The van der Waals surface area contributed by atoms with Crippen molar-refractivity contribution < 1.29 is 9.53 Å². The van der Waals surface area contributed by atoms with Crippen molar-refractivity contribution in [3.8, 4) is 5.75 Å². The Bertz CT molecular complexity index is 865. The lowest BCUT2D eigenvalue weighted by molar-refractivity contribution is -0.118. The van der Waals surface area contributed by atoms with Crippen LogP contribution < -0.4 is 10.1 Å². The van der Waals surface area contributed by atoms with Gasteiger partial charge in [0.1, 0.15) is 11.3 Å². The molecule has 23 heavy (non-hydrogen) atoms. The highest BCUT2D eigenvalue weighted by atomic mass is 127. The van der Waals surface area contributed by atoms with Crippen LogP contribution in [0.3, 0.4) is 0 Å². The lowest BCUT2D eigenvalue weighted by Crippen LogP contribution is -2.20. The highest BCUT2D eigenvalue weighted by Crippen LogP contribution is 2.24. The predicted molar refractivity (Wildman–Crippen MR) is 99.8 cm³/mol. The number of ether oxygens (including phenoxy) is 1. The van der Waals surface area contributed by atoms with Crippen molar-refractivity contribution in [3.63, 3.8) is 0 Å². The van der Waals surface area contributed by atoms with Crippen LogP contribution in [0.1, 0.15) is 5.69 Å². The SMILES string of the molecule is Cc1ccc2cccc(OCC(=O)Nc3cccc(I)c3)c2n1. The summed E-state index contributed by atoms with van der Waals surface area (Å²) >= 11 is 2.20. The molecule has 0 aliphatic rings. The number of carbonyl (C=O) groups is 1. The molecule has 1 N–H and O–H groups in total. The summed E-state index contributed by atoms with van der Waals surface area (Å²) in [4.78, 5) is 16.5. The number of para-hydroxylation sites is 1. The first kappa shape index (κ1) is 15.7. The third-order valence-electron chi connectivity index (χ3n) is 3.29. The van der Waals surface area contributed by atoms with Gasteiger partial charge in [0.25, 0.3) is 5.91 Å². The van der Waals surface area contributed by atoms with Gasteiger partial charge in [0.2, 0.25) is 0 Å². The number of hydrogen-bond donors (Lipinski definition) is 1. The van der Waals surface area contributed by atoms with Crippen molar-refractivity contribution in [1.29, 1.82) is 0 Å². The minimum Gasteiger partial charge on any atom is -0.481 e. The molecule has 0 aliphatic heterocycles. The Morgan fingerprint density at radius 1 is 1.17 bits per heavy atom. The van der Waals surface area contributed by atoms with Gasteiger partial charge in [0.15, 0.2) is 6.61 Å². The number of amides is 1. The predicted octanol–water partition coefficient (Wildman–Crippen LogP) is 4.17. The van der Waals surface area contributed by atoms with E-state index in [1.807, 2.05) is 61.5 Å². The molecule has 116 valence electrons. The number of hydrogen-bond acceptors (Lipinski definition) is 3. The molecule has 0 bridgehead atoms. The van der Waals surface area contributed by atoms with Gasteiger partial charge in [-0.25, -0.2) is 4.98 Å². The van der Waals surface area contributed by atoms with E-state index in [1.165, 1.54) is 0 Å². The van der Waals surface area contributed by atoms with Gasteiger partial charge in [-0.2, -0.15) is 0 Å². The highest BCUT2D eigenvalue weighted by molar-refractivity contribution is 14.1. The normalized spacial score (nSPS) is 10.5. The van der Waals surface area contributed by atoms with Gasteiger partial charge in [0.05, 0.1) is 0 Å². The van der Waals surface area contributed by atoms with Crippen LogP contribution in [0.5, 0.6) is 5.75 Å². The topological polar surface area (TPSA) is 51.2 Å². The minimum absolute atomic E-state index is 0.0553. The summed E-state index contributed by atoms with van der Waals surface area (Å²) in [6.45, 7) is 1.88. The Morgan fingerprint density at radius 3 is 2.83 bits per heavy atom. The number of nitrogens with zero attached hydrogens (tertiary/aromatic N) is 1. The molecule has 1 aromatic heterocycles. The zero-order valence-corrected chi connectivity index (χ0v) is 14.7. The van der Waals surface area contributed by atoms with Gasteiger partial charge >= 0.3 is 0 Å². The second-order valence-electron chi connectivity index (χ2n) is 5.13. The average molecular weight is 418 g/mol. The molecular weight excluding hydrogens is 403 g/mol. The fourth-order valence-corrected chi connectivity index (χ4v) is 2.78. The van der Waals surface area contributed by atoms with Gasteiger partial charge in [-0.05, 0) is 59.8 Å². The van der Waals surface area contributed by atoms with E-state index in [1.54, 1.807) is 0 Å². The van der Waals surface area contributed by atoms with Crippen LogP contribution in [0.4, 0.5) is 5.69 Å². The van der Waals surface area contributed by atoms with Crippen molar-refractivity contribution in [1.82, 2.24) is 4.98 Å². The molecule has 3 rings (SSSR count). The second kappa shape index (κ2) is 6.95. The second-order valence-corrected chi connectivity index (χ2v) is 6.37.